The van der Waals surface area contributed by atoms with Gasteiger partial charge in [-0.3, -0.25) is 0 Å². The molecule has 0 rings (SSSR count). The Morgan fingerprint density at radius 1 is 0.824 bits per heavy atom. The highest BCUT2D eigenvalue weighted by Crippen LogP contribution is 2.16. The second-order valence-electron chi connectivity index (χ2n) is 5.47. The summed E-state index contributed by atoms with van der Waals surface area (Å²) >= 11 is 0. The summed E-state index contributed by atoms with van der Waals surface area (Å²) in [5, 5.41) is 0. The van der Waals surface area contributed by atoms with E-state index in [1.54, 1.807) is 0 Å². The molecule has 0 spiro atoms. The molecule has 0 aromatic heterocycles. The fraction of sp³-hybridized carbons (Fsp3) is 0.938. The van der Waals surface area contributed by atoms with Crippen molar-refractivity contribution in [3.8, 4) is 0 Å². The molecule has 1 unspecified atom stereocenters. The van der Waals surface area contributed by atoms with Gasteiger partial charge in [-0.1, -0.05) is 78.1 Å². The maximum atomic E-state index is 10.2. The van der Waals surface area contributed by atoms with Crippen LogP contribution in [0.15, 0.2) is 0 Å². The predicted octanol–water partition coefficient (Wildman–Crippen LogP) is 5.52. The third kappa shape index (κ3) is 13.6. The molecule has 0 radical (unpaired) electrons. The van der Waals surface area contributed by atoms with Crippen LogP contribution in [0.5, 0.6) is 0 Å². The smallest absolute Gasteiger partial charge is 0.119 e. The van der Waals surface area contributed by atoms with Crippen LogP contribution in [0.4, 0.5) is 0 Å². The van der Waals surface area contributed by atoms with Gasteiger partial charge in [0.25, 0.3) is 0 Å². The van der Waals surface area contributed by atoms with E-state index in [0.717, 1.165) is 25.0 Å². The van der Waals surface area contributed by atoms with Crippen molar-refractivity contribution in [3.05, 3.63) is 0 Å². The van der Waals surface area contributed by atoms with Gasteiger partial charge < -0.3 is 4.79 Å². The van der Waals surface area contributed by atoms with Crippen molar-refractivity contribution in [1.29, 1.82) is 0 Å². The van der Waals surface area contributed by atoms with Crippen LogP contribution in [0, 0.1) is 5.92 Å². The molecule has 0 bridgehead atoms. The van der Waals surface area contributed by atoms with Crippen LogP contribution in [0.1, 0.15) is 90.9 Å². The van der Waals surface area contributed by atoms with Gasteiger partial charge in [-0.05, 0) is 12.3 Å². The number of hydrogen-bond acceptors (Lipinski definition) is 1. The molecule has 0 saturated carbocycles. The zero-order valence-electron chi connectivity index (χ0n) is 12.0. The molecular weight excluding hydrogens is 208 g/mol. The Kier molecular flexibility index (Phi) is 13.5. The van der Waals surface area contributed by atoms with E-state index in [9.17, 15) is 4.79 Å². The van der Waals surface area contributed by atoms with E-state index >= 15 is 0 Å². The van der Waals surface area contributed by atoms with Crippen LogP contribution >= 0.6 is 0 Å². The average molecular weight is 240 g/mol. The Labute approximate surface area is 108 Å². The summed E-state index contributed by atoms with van der Waals surface area (Å²) in [6.45, 7) is 4.60. The molecule has 102 valence electrons. The molecule has 0 aliphatic rings. The second-order valence-corrected chi connectivity index (χ2v) is 5.47. The number of carbonyl (C=O) groups excluding carboxylic acids is 1. The molecule has 1 heteroatoms. The molecule has 1 nitrogen and oxygen atoms in total. The molecule has 1 atom stereocenters. The summed E-state index contributed by atoms with van der Waals surface area (Å²) < 4.78 is 0. The lowest BCUT2D eigenvalue weighted by Gasteiger charge is -2.09. The van der Waals surface area contributed by atoms with Gasteiger partial charge >= 0.3 is 0 Å². The van der Waals surface area contributed by atoms with E-state index in [-0.39, 0.29) is 0 Å². The van der Waals surface area contributed by atoms with E-state index in [4.69, 9.17) is 0 Å². The Balaban J connectivity index is 3.08. The zero-order chi connectivity index (χ0) is 12.8. The average Bonchev–Trinajstić information content (AvgIpc) is 2.33. The van der Waals surface area contributed by atoms with Crippen molar-refractivity contribution in [3.63, 3.8) is 0 Å². The largest absolute Gasteiger partial charge is 0.303 e. The van der Waals surface area contributed by atoms with Crippen LogP contribution in [-0.4, -0.2) is 6.29 Å². The summed E-state index contributed by atoms with van der Waals surface area (Å²) in [6.07, 6.45) is 16.7. The highest BCUT2D eigenvalue weighted by atomic mass is 16.1. The van der Waals surface area contributed by atoms with Crippen molar-refractivity contribution >= 4 is 6.29 Å². The molecule has 0 aliphatic carbocycles. The fourth-order valence-corrected chi connectivity index (χ4v) is 2.32. The van der Waals surface area contributed by atoms with Crippen molar-refractivity contribution < 1.29 is 4.79 Å². The molecule has 0 N–H and O–H groups in total. The Hall–Kier alpha value is -0.330. The van der Waals surface area contributed by atoms with Gasteiger partial charge in [0.05, 0.1) is 0 Å². The summed E-state index contributed by atoms with van der Waals surface area (Å²) in [4.78, 5) is 10.2. The number of rotatable bonds is 13. The Bertz CT molecular complexity index is 154. The minimum Gasteiger partial charge on any atom is -0.303 e. The second kappa shape index (κ2) is 13.7. The molecule has 0 fully saturated rings. The van der Waals surface area contributed by atoms with Crippen molar-refractivity contribution in [2.45, 2.75) is 90.9 Å². The quantitative estimate of drug-likeness (QED) is 0.306. The lowest BCUT2D eigenvalue weighted by molar-refractivity contribution is -0.107. The van der Waals surface area contributed by atoms with Crippen molar-refractivity contribution in [1.82, 2.24) is 0 Å². The van der Waals surface area contributed by atoms with Gasteiger partial charge in [-0.25, -0.2) is 0 Å². The van der Waals surface area contributed by atoms with Crippen molar-refractivity contribution in [2.75, 3.05) is 0 Å². The van der Waals surface area contributed by atoms with Gasteiger partial charge in [-0.2, -0.15) is 0 Å². The third-order valence-electron chi connectivity index (χ3n) is 3.57. The minimum absolute atomic E-state index is 0.752. The van der Waals surface area contributed by atoms with E-state index in [2.05, 4.69) is 13.8 Å². The normalized spacial score (nSPS) is 12.6. The first-order chi connectivity index (χ1) is 8.31. The number of aldehydes is 1. The Morgan fingerprint density at radius 3 is 1.94 bits per heavy atom. The first-order valence-corrected chi connectivity index (χ1v) is 7.74. The molecule has 0 heterocycles. The maximum Gasteiger partial charge on any atom is 0.119 e. The van der Waals surface area contributed by atoms with E-state index in [1.807, 2.05) is 0 Å². The van der Waals surface area contributed by atoms with Crippen LogP contribution < -0.4 is 0 Å². The van der Waals surface area contributed by atoms with Crippen LogP contribution in [0.25, 0.3) is 0 Å². The highest BCUT2D eigenvalue weighted by Gasteiger charge is 2.01. The van der Waals surface area contributed by atoms with Crippen LogP contribution in [0.3, 0.4) is 0 Å². The van der Waals surface area contributed by atoms with Crippen LogP contribution in [0.2, 0.25) is 0 Å². The molecule has 0 aromatic carbocycles. The number of unbranched alkanes of at least 4 members (excludes halogenated alkanes) is 8. The fourth-order valence-electron chi connectivity index (χ4n) is 2.32. The molecule has 0 amide bonds. The van der Waals surface area contributed by atoms with E-state index in [0.29, 0.717) is 0 Å². The Morgan fingerprint density at radius 2 is 1.35 bits per heavy atom. The summed E-state index contributed by atoms with van der Waals surface area (Å²) in [7, 11) is 0. The first kappa shape index (κ1) is 16.7. The highest BCUT2D eigenvalue weighted by molar-refractivity contribution is 5.48. The van der Waals surface area contributed by atoms with E-state index in [1.165, 1.54) is 64.2 Å². The van der Waals surface area contributed by atoms with Gasteiger partial charge in [-0.15, -0.1) is 0 Å². The first-order valence-electron chi connectivity index (χ1n) is 7.74. The van der Waals surface area contributed by atoms with Gasteiger partial charge in [0.1, 0.15) is 6.29 Å². The summed E-state index contributed by atoms with van der Waals surface area (Å²) in [5.41, 5.74) is 0. The zero-order valence-corrected chi connectivity index (χ0v) is 12.0. The molecule has 17 heavy (non-hydrogen) atoms. The minimum atomic E-state index is 0.752. The molecular formula is C16H32O. The molecule has 0 aromatic rings. The summed E-state index contributed by atoms with van der Waals surface area (Å²) in [5.74, 6) is 0.815. The monoisotopic (exact) mass is 240 g/mol. The summed E-state index contributed by atoms with van der Waals surface area (Å²) in [6, 6.07) is 0. The number of hydrogen-bond donors (Lipinski definition) is 0. The molecule has 0 saturated heterocycles. The third-order valence-corrected chi connectivity index (χ3v) is 3.57. The predicted molar refractivity (Wildman–Crippen MR) is 76.3 cm³/mol. The van der Waals surface area contributed by atoms with Gasteiger partial charge in [0, 0.05) is 6.42 Å². The molecule has 0 aliphatic heterocycles. The maximum absolute atomic E-state index is 10.2. The van der Waals surface area contributed by atoms with Crippen LogP contribution in [-0.2, 0) is 4.79 Å². The topological polar surface area (TPSA) is 17.1 Å². The van der Waals surface area contributed by atoms with Crippen molar-refractivity contribution in [2.24, 2.45) is 5.92 Å². The van der Waals surface area contributed by atoms with E-state index < -0.39 is 0 Å². The lowest BCUT2D eigenvalue weighted by Crippen LogP contribution is -1.95. The lowest BCUT2D eigenvalue weighted by atomic mass is 9.97. The standard InChI is InChI=1S/C16H32O/c1-3-4-5-6-7-8-9-10-13-16(2)14-11-12-15-17/h15-16H,3-14H2,1-2H3. The number of carbonyl (C=O) groups is 1. The van der Waals surface area contributed by atoms with Gasteiger partial charge in [0.15, 0.2) is 0 Å². The SMILES string of the molecule is CCCCCCCCCCC(C)CCCC=O. The van der Waals surface area contributed by atoms with Gasteiger partial charge in [0.2, 0.25) is 0 Å².